The van der Waals surface area contributed by atoms with Gasteiger partial charge in [-0.15, -0.1) is 0 Å². The van der Waals surface area contributed by atoms with Gasteiger partial charge < -0.3 is 15.4 Å². The van der Waals surface area contributed by atoms with Crippen molar-refractivity contribution in [3.8, 4) is 0 Å². The third kappa shape index (κ3) is 4.04. The van der Waals surface area contributed by atoms with E-state index in [1.807, 2.05) is 0 Å². The Balaban J connectivity index is 1.92. The predicted octanol–water partition coefficient (Wildman–Crippen LogP) is -0.276. The maximum absolute atomic E-state index is 11.9. The van der Waals surface area contributed by atoms with Crippen LogP contribution in [0, 0.1) is 6.92 Å². The van der Waals surface area contributed by atoms with Gasteiger partial charge in [0.25, 0.3) is 5.56 Å². The number of carbonyl (C=O) groups excluding carboxylic acids is 1. The summed E-state index contributed by atoms with van der Waals surface area (Å²) in [4.78, 5) is 39.3. The molecule has 1 aromatic heterocycles. The van der Waals surface area contributed by atoms with Crippen LogP contribution in [0.25, 0.3) is 0 Å². The molecule has 4 N–H and O–H groups in total. The highest BCUT2D eigenvalue weighted by molar-refractivity contribution is 5.76. The first-order chi connectivity index (χ1) is 9.97. The average Bonchev–Trinajstić information content (AvgIpc) is 2.40. The van der Waals surface area contributed by atoms with Crippen LogP contribution in [0.1, 0.15) is 43.4 Å². The van der Waals surface area contributed by atoms with Crippen molar-refractivity contribution in [3.05, 3.63) is 32.1 Å². The fraction of sp³-hybridized carbons (Fsp3) is 0.643. The molecule has 1 aromatic rings. The largest absolute Gasteiger partial charge is 0.391 e. The lowest BCUT2D eigenvalue weighted by molar-refractivity contribution is -0.123. The molecule has 0 saturated heterocycles. The number of hydrogen-bond acceptors (Lipinski definition) is 4. The Morgan fingerprint density at radius 3 is 2.67 bits per heavy atom. The lowest BCUT2D eigenvalue weighted by Gasteiger charge is -2.28. The minimum Gasteiger partial charge on any atom is -0.391 e. The SMILES string of the molecule is Cc1[nH]c(=O)[nH]c(=O)c1CCC(=O)N[C@H]1CCCC[C@@H]1O. The molecule has 116 valence electrons. The second kappa shape index (κ2) is 6.71. The van der Waals surface area contributed by atoms with E-state index in [1.165, 1.54) is 0 Å². The van der Waals surface area contributed by atoms with Gasteiger partial charge >= 0.3 is 5.69 Å². The number of carbonyl (C=O) groups is 1. The number of aryl methyl sites for hydroxylation is 1. The summed E-state index contributed by atoms with van der Waals surface area (Å²) in [7, 11) is 0. The molecule has 1 amide bonds. The first-order valence-corrected chi connectivity index (χ1v) is 7.27. The zero-order valence-electron chi connectivity index (χ0n) is 12.1. The molecule has 1 fully saturated rings. The quantitative estimate of drug-likeness (QED) is 0.611. The summed E-state index contributed by atoms with van der Waals surface area (Å²) in [5.74, 6) is -0.189. The number of H-pyrrole nitrogens is 2. The van der Waals surface area contributed by atoms with E-state index < -0.39 is 17.4 Å². The van der Waals surface area contributed by atoms with Crippen molar-refractivity contribution in [2.75, 3.05) is 0 Å². The summed E-state index contributed by atoms with van der Waals surface area (Å²) >= 11 is 0. The van der Waals surface area contributed by atoms with Crippen LogP contribution >= 0.6 is 0 Å². The highest BCUT2D eigenvalue weighted by Crippen LogP contribution is 2.18. The molecule has 0 radical (unpaired) electrons. The van der Waals surface area contributed by atoms with Gasteiger partial charge in [-0.2, -0.15) is 0 Å². The van der Waals surface area contributed by atoms with E-state index in [1.54, 1.807) is 6.92 Å². The molecule has 21 heavy (non-hydrogen) atoms. The summed E-state index contributed by atoms with van der Waals surface area (Å²) in [6, 6.07) is -0.193. The number of aromatic amines is 2. The molecule has 1 aliphatic carbocycles. The van der Waals surface area contributed by atoms with Crippen LogP contribution in [0.15, 0.2) is 9.59 Å². The van der Waals surface area contributed by atoms with E-state index in [0.717, 1.165) is 19.3 Å². The van der Waals surface area contributed by atoms with Gasteiger partial charge in [0.2, 0.25) is 5.91 Å². The molecule has 1 aliphatic rings. The van der Waals surface area contributed by atoms with Crippen molar-refractivity contribution in [1.82, 2.24) is 15.3 Å². The fourth-order valence-electron chi connectivity index (χ4n) is 2.72. The molecular formula is C14H21N3O4. The second-order valence-corrected chi connectivity index (χ2v) is 5.54. The maximum atomic E-state index is 11.9. The minimum atomic E-state index is -0.545. The van der Waals surface area contributed by atoms with Crippen molar-refractivity contribution in [2.45, 2.75) is 57.6 Å². The molecule has 1 heterocycles. The summed E-state index contributed by atoms with van der Waals surface area (Å²) in [5.41, 5.74) is -0.110. The highest BCUT2D eigenvalue weighted by atomic mass is 16.3. The van der Waals surface area contributed by atoms with Gasteiger partial charge in [-0.1, -0.05) is 12.8 Å². The number of hydrogen-bond donors (Lipinski definition) is 4. The van der Waals surface area contributed by atoms with Crippen LogP contribution in [-0.4, -0.2) is 33.1 Å². The van der Waals surface area contributed by atoms with Gasteiger partial charge in [0.05, 0.1) is 12.1 Å². The van der Waals surface area contributed by atoms with Gasteiger partial charge in [0.1, 0.15) is 0 Å². The monoisotopic (exact) mass is 295 g/mol. The Hall–Kier alpha value is -1.89. The van der Waals surface area contributed by atoms with Crippen molar-refractivity contribution in [3.63, 3.8) is 0 Å². The predicted molar refractivity (Wildman–Crippen MR) is 77.1 cm³/mol. The molecule has 0 aromatic carbocycles. The molecule has 0 unspecified atom stereocenters. The normalized spacial score (nSPS) is 22.0. The average molecular weight is 295 g/mol. The van der Waals surface area contributed by atoms with Crippen LogP contribution in [0.2, 0.25) is 0 Å². The smallest absolute Gasteiger partial charge is 0.325 e. The molecule has 1 saturated carbocycles. The zero-order valence-corrected chi connectivity index (χ0v) is 12.1. The molecule has 2 atom stereocenters. The lowest BCUT2D eigenvalue weighted by Crippen LogP contribution is -2.45. The number of aromatic nitrogens is 2. The first kappa shape index (κ1) is 15.5. The van der Waals surface area contributed by atoms with Crippen molar-refractivity contribution >= 4 is 5.91 Å². The van der Waals surface area contributed by atoms with Crippen molar-refractivity contribution < 1.29 is 9.90 Å². The molecule has 7 nitrogen and oxygen atoms in total. The molecule has 7 heteroatoms. The zero-order chi connectivity index (χ0) is 15.4. The third-order valence-corrected chi connectivity index (χ3v) is 3.93. The summed E-state index contributed by atoms with van der Waals surface area (Å²) < 4.78 is 0. The van der Waals surface area contributed by atoms with E-state index in [-0.39, 0.29) is 24.8 Å². The van der Waals surface area contributed by atoms with E-state index in [0.29, 0.717) is 17.7 Å². The number of rotatable bonds is 4. The molecule has 0 aliphatic heterocycles. The van der Waals surface area contributed by atoms with E-state index in [4.69, 9.17) is 0 Å². The first-order valence-electron chi connectivity index (χ1n) is 7.27. The Labute approximate surface area is 121 Å². The molecule has 0 bridgehead atoms. The van der Waals surface area contributed by atoms with Gasteiger partial charge in [-0.3, -0.25) is 14.6 Å². The van der Waals surface area contributed by atoms with Crippen molar-refractivity contribution in [2.24, 2.45) is 0 Å². The van der Waals surface area contributed by atoms with Gasteiger partial charge in [-0.05, 0) is 26.2 Å². The standard InChI is InChI=1S/C14H21N3O4/c1-8-9(13(20)17-14(21)15-8)6-7-12(19)16-10-4-2-3-5-11(10)18/h10-11,18H,2-7H2,1H3,(H,16,19)(H2,15,17,20,21)/t10-,11-/m0/s1. The number of aliphatic hydroxyl groups excluding tert-OH is 1. The Bertz CT molecular complexity index is 619. The minimum absolute atomic E-state index is 0.152. The van der Waals surface area contributed by atoms with Gasteiger partial charge in [-0.25, -0.2) is 4.79 Å². The van der Waals surface area contributed by atoms with Gasteiger partial charge in [0.15, 0.2) is 0 Å². The Morgan fingerprint density at radius 2 is 2.00 bits per heavy atom. The second-order valence-electron chi connectivity index (χ2n) is 5.54. The number of amides is 1. The number of aliphatic hydroxyl groups is 1. The van der Waals surface area contributed by atoms with Crippen LogP contribution in [-0.2, 0) is 11.2 Å². The third-order valence-electron chi connectivity index (χ3n) is 3.93. The van der Waals surface area contributed by atoms with E-state index >= 15 is 0 Å². The van der Waals surface area contributed by atoms with Gasteiger partial charge in [0, 0.05) is 17.7 Å². The maximum Gasteiger partial charge on any atom is 0.325 e. The van der Waals surface area contributed by atoms with Crippen LogP contribution < -0.4 is 16.6 Å². The highest BCUT2D eigenvalue weighted by Gasteiger charge is 2.24. The summed E-state index contributed by atoms with van der Waals surface area (Å²) in [5, 5.41) is 12.6. The summed E-state index contributed by atoms with van der Waals surface area (Å²) in [6.45, 7) is 1.63. The number of nitrogens with one attached hydrogen (secondary N) is 3. The van der Waals surface area contributed by atoms with Crippen LogP contribution in [0.3, 0.4) is 0 Å². The molecular weight excluding hydrogens is 274 g/mol. The Morgan fingerprint density at radius 1 is 1.29 bits per heavy atom. The molecule has 2 rings (SSSR count). The topological polar surface area (TPSA) is 115 Å². The van der Waals surface area contributed by atoms with Crippen LogP contribution in [0.5, 0.6) is 0 Å². The summed E-state index contributed by atoms with van der Waals surface area (Å²) in [6.07, 6.45) is 3.40. The van der Waals surface area contributed by atoms with E-state index in [2.05, 4.69) is 15.3 Å². The van der Waals surface area contributed by atoms with E-state index in [9.17, 15) is 19.5 Å². The lowest BCUT2D eigenvalue weighted by atomic mass is 9.92. The van der Waals surface area contributed by atoms with Crippen molar-refractivity contribution in [1.29, 1.82) is 0 Å². The fourth-order valence-corrected chi connectivity index (χ4v) is 2.72. The molecule has 0 spiro atoms. The van der Waals surface area contributed by atoms with Crippen LogP contribution in [0.4, 0.5) is 0 Å². The Kier molecular flexibility index (Phi) is 4.95.